The molecule has 0 spiro atoms. The smallest absolute Gasteiger partial charge is 0.347 e. The van der Waals surface area contributed by atoms with E-state index in [1.54, 1.807) is 36.4 Å². The second-order valence-electron chi connectivity index (χ2n) is 4.76. The summed E-state index contributed by atoms with van der Waals surface area (Å²) in [6.07, 6.45) is 0. The SMILES string of the molecule is COc1ccccc1OC(=O)c1cc2ccccc2cc1O. The van der Waals surface area contributed by atoms with E-state index < -0.39 is 5.97 Å². The molecular formula is C18H14O4. The zero-order chi connectivity index (χ0) is 15.5. The number of carbonyl (C=O) groups is 1. The van der Waals surface area contributed by atoms with Gasteiger partial charge in [-0.15, -0.1) is 0 Å². The molecule has 0 aliphatic rings. The van der Waals surface area contributed by atoms with Crippen molar-refractivity contribution in [2.45, 2.75) is 0 Å². The van der Waals surface area contributed by atoms with Crippen molar-refractivity contribution in [3.8, 4) is 17.2 Å². The lowest BCUT2D eigenvalue weighted by molar-refractivity contribution is 0.0727. The van der Waals surface area contributed by atoms with Crippen molar-refractivity contribution < 1.29 is 19.4 Å². The van der Waals surface area contributed by atoms with Gasteiger partial charge in [-0.05, 0) is 35.0 Å². The molecule has 0 aromatic heterocycles. The maximum Gasteiger partial charge on any atom is 0.347 e. The van der Waals surface area contributed by atoms with Crippen molar-refractivity contribution in [3.05, 3.63) is 66.2 Å². The van der Waals surface area contributed by atoms with E-state index in [1.165, 1.54) is 7.11 Å². The number of para-hydroxylation sites is 2. The van der Waals surface area contributed by atoms with Gasteiger partial charge in [-0.3, -0.25) is 0 Å². The van der Waals surface area contributed by atoms with E-state index >= 15 is 0 Å². The van der Waals surface area contributed by atoms with E-state index in [1.807, 2.05) is 24.3 Å². The van der Waals surface area contributed by atoms with E-state index in [0.717, 1.165) is 10.8 Å². The van der Waals surface area contributed by atoms with E-state index in [4.69, 9.17) is 9.47 Å². The maximum absolute atomic E-state index is 12.3. The highest BCUT2D eigenvalue weighted by Gasteiger charge is 2.16. The molecule has 0 unspecified atom stereocenters. The molecule has 3 rings (SSSR count). The fourth-order valence-electron chi connectivity index (χ4n) is 2.25. The van der Waals surface area contributed by atoms with E-state index in [2.05, 4.69) is 0 Å². The van der Waals surface area contributed by atoms with Crippen LogP contribution in [0.4, 0.5) is 0 Å². The number of methoxy groups -OCH3 is 1. The molecule has 4 heteroatoms. The predicted molar refractivity (Wildman–Crippen MR) is 83.6 cm³/mol. The highest BCUT2D eigenvalue weighted by atomic mass is 16.6. The Morgan fingerprint density at radius 1 is 0.909 bits per heavy atom. The Morgan fingerprint density at radius 2 is 1.50 bits per heavy atom. The Labute approximate surface area is 127 Å². The van der Waals surface area contributed by atoms with E-state index in [9.17, 15) is 9.90 Å². The Morgan fingerprint density at radius 3 is 2.18 bits per heavy atom. The average Bonchev–Trinajstić information content (AvgIpc) is 2.54. The number of fused-ring (bicyclic) bond motifs is 1. The van der Waals surface area contributed by atoms with Gasteiger partial charge in [0.2, 0.25) is 0 Å². The third kappa shape index (κ3) is 2.59. The fourth-order valence-corrected chi connectivity index (χ4v) is 2.25. The monoisotopic (exact) mass is 294 g/mol. The molecular weight excluding hydrogens is 280 g/mol. The lowest BCUT2D eigenvalue weighted by Gasteiger charge is -2.10. The van der Waals surface area contributed by atoms with Crippen LogP contribution in [0, 0.1) is 0 Å². The van der Waals surface area contributed by atoms with Crippen LogP contribution in [0.3, 0.4) is 0 Å². The normalized spacial score (nSPS) is 10.4. The first-order valence-electron chi connectivity index (χ1n) is 6.76. The molecule has 3 aromatic carbocycles. The topological polar surface area (TPSA) is 55.8 Å². The number of ether oxygens (including phenoxy) is 2. The molecule has 1 N–H and O–H groups in total. The molecule has 0 saturated carbocycles. The minimum absolute atomic E-state index is 0.112. The summed E-state index contributed by atoms with van der Waals surface area (Å²) in [6, 6.07) is 17.5. The molecule has 0 heterocycles. The third-order valence-electron chi connectivity index (χ3n) is 3.36. The number of phenols is 1. The van der Waals surface area contributed by atoms with Crippen LogP contribution in [0.1, 0.15) is 10.4 Å². The van der Waals surface area contributed by atoms with Gasteiger partial charge in [-0.1, -0.05) is 36.4 Å². The van der Waals surface area contributed by atoms with Crippen molar-refractivity contribution >= 4 is 16.7 Å². The summed E-state index contributed by atoms with van der Waals surface area (Å²) in [7, 11) is 1.50. The van der Waals surface area contributed by atoms with Gasteiger partial charge in [0, 0.05) is 0 Å². The molecule has 0 aliphatic heterocycles. The summed E-state index contributed by atoms with van der Waals surface area (Å²) in [5.41, 5.74) is 0.115. The second-order valence-corrected chi connectivity index (χ2v) is 4.76. The zero-order valence-corrected chi connectivity index (χ0v) is 11.9. The molecule has 0 bridgehead atoms. The van der Waals surface area contributed by atoms with Crippen LogP contribution in [-0.2, 0) is 0 Å². The first-order chi connectivity index (χ1) is 10.7. The van der Waals surface area contributed by atoms with E-state index in [0.29, 0.717) is 11.5 Å². The Balaban J connectivity index is 1.97. The van der Waals surface area contributed by atoms with Gasteiger partial charge in [-0.25, -0.2) is 4.79 Å². The Bertz CT molecular complexity index is 839. The fraction of sp³-hybridized carbons (Fsp3) is 0.0556. The van der Waals surface area contributed by atoms with Crippen molar-refractivity contribution in [2.75, 3.05) is 7.11 Å². The Kier molecular flexibility index (Phi) is 3.66. The largest absolute Gasteiger partial charge is 0.507 e. The lowest BCUT2D eigenvalue weighted by atomic mass is 10.1. The van der Waals surface area contributed by atoms with Crippen molar-refractivity contribution in [1.29, 1.82) is 0 Å². The molecule has 0 atom stereocenters. The number of aromatic hydroxyl groups is 1. The molecule has 0 amide bonds. The first-order valence-corrected chi connectivity index (χ1v) is 6.76. The summed E-state index contributed by atoms with van der Waals surface area (Å²) in [5.74, 6) is 0.0186. The maximum atomic E-state index is 12.3. The minimum Gasteiger partial charge on any atom is -0.507 e. The summed E-state index contributed by atoms with van der Waals surface area (Å²) in [6.45, 7) is 0. The molecule has 4 nitrogen and oxygen atoms in total. The lowest BCUT2D eigenvalue weighted by Crippen LogP contribution is -2.09. The van der Waals surface area contributed by atoms with Crippen molar-refractivity contribution in [3.63, 3.8) is 0 Å². The van der Waals surface area contributed by atoms with Crippen LogP contribution in [-0.4, -0.2) is 18.2 Å². The van der Waals surface area contributed by atoms with Crippen LogP contribution >= 0.6 is 0 Å². The van der Waals surface area contributed by atoms with Gasteiger partial charge in [0.25, 0.3) is 0 Å². The molecule has 22 heavy (non-hydrogen) atoms. The molecule has 110 valence electrons. The van der Waals surface area contributed by atoms with Crippen LogP contribution in [0.15, 0.2) is 60.7 Å². The molecule has 0 aliphatic carbocycles. The average molecular weight is 294 g/mol. The number of esters is 1. The van der Waals surface area contributed by atoms with Gasteiger partial charge in [0.15, 0.2) is 11.5 Å². The number of carbonyl (C=O) groups excluding carboxylic acids is 1. The minimum atomic E-state index is -0.632. The molecule has 3 aromatic rings. The quantitative estimate of drug-likeness (QED) is 0.590. The third-order valence-corrected chi connectivity index (χ3v) is 3.36. The van der Waals surface area contributed by atoms with Crippen molar-refractivity contribution in [2.24, 2.45) is 0 Å². The molecule has 0 radical (unpaired) electrons. The summed E-state index contributed by atoms with van der Waals surface area (Å²) >= 11 is 0. The van der Waals surface area contributed by atoms with Gasteiger partial charge in [0.1, 0.15) is 11.3 Å². The van der Waals surface area contributed by atoms with Crippen molar-refractivity contribution in [1.82, 2.24) is 0 Å². The van der Waals surface area contributed by atoms with Crippen LogP contribution in [0.5, 0.6) is 17.2 Å². The summed E-state index contributed by atoms with van der Waals surface area (Å²) < 4.78 is 10.5. The standard InChI is InChI=1S/C18H14O4/c1-21-16-8-4-5-9-17(16)22-18(20)14-10-12-6-2-3-7-13(12)11-15(14)19/h2-11,19H,1H3. The predicted octanol–water partition coefficient (Wildman–Crippen LogP) is 3.77. The van der Waals surface area contributed by atoms with Gasteiger partial charge >= 0.3 is 5.97 Å². The number of benzene rings is 3. The molecule has 0 fully saturated rings. The summed E-state index contributed by atoms with van der Waals surface area (Å²) in [5, 5.41) is 11.8. The van der Waals surface area contributed by atoms with E-state index in [-0.39, 0.29) is 11.3 Å². The van der Waals surface area contributed by atoms with Gasteiger partial charge < -0.3 is 14.6 Å². The number of phenolic OH excluding ortho intramolecular Hbond substituents is 1. The highest BCUT2D eigenvalue weighted by Crippen LogP contribution is 2.29. The Hall–Kier alpha value is -3.01. The van der Waals surface area contributed by atoms with Crippen LogP contribution in [0.25, 0.3) is 10.8 Å². The number of rotatable bonds is 3. The van der Waals surface area contributed by atoms with Gasteiger partial charge in [0.05, 0.1) is 7.11 Å². The number of hydrogen-bond acceptors (Lipinski definition) is 4. The van der Waals surface area contributed by atoms with Crippen LogP contribution in [0.2, 0.25) is 0 Å². The number of hydrogen-bond donors (Lipinski definition) is 1. The van der Waals surface area contributed by atoms with Gasteiger partial charge in [-0.2, -0.15) is 0 Å². The zero-order valence-electron chi connectivity index (χ0n) is 11.9. The highest BCUT2D eigenvalue weighted by molar-refractivity contribution is 5.99. The van der Waals surface area contributed by atoms with Crippen LogP contribution < -0.4 is 9.47 Å². The first kappa shape index (κ1) is 13.9. The molecule has 0 saturated heterocycles. The second kappa shape index (κ2) is 5.77. The summed E-state index contributed by atoms with van der Waals surface area (Å²) in [4.78, 5) is 12.3.